The Morgan fingerprint density at radius 3 is 2.65 bits per heavy atom. The number of carbonyl (C=O) groups is 1. The fraction of sp³-hybridized carbons (Fsp3) is 0.533. The third-order valence-corrected chi connectivity index (χ3v) is 2.97. The Morgan fingerprint density at radius 2 is 2.05 bits per heavy atom. The maximum absolute atomic E-state index is 11.8. The average Bonchev–Trinajstić information content (AvgIpc) is 2.31. The fourth-order valence-electron chi connectivity index (χ4n) is 1.99. The minimum atomic E-state index is -0.442. The number of likely N-dealkylation sites (tertiary alicyclic amines) is 1. The number of ether oxygens (including phenoxy) is 2. The lowest BCUT2D eigenvalue weighted by Crippen LogP contribution is -2.57. The van der Waals surface area contributed by atoms with Crippen molar-refractivity contribution in [1.29, 1.82) is 0 Å². The molecule has 0 unspecified atom stereocenters. The molecule has 1 aliphatic rings. The van der Waals surface area contributed by atoms with Gasteiger partial charge in [0.15, 0.2) is 0 Å². The second kappa shape index (κ2) is 5.61. The van der Waals surface area contributed by atoms with Crippen LogP contribution in [0, 0.1) is 0 Å². The van der Waals surface area contributed by atoms with Gasteiger partial charge in [-0.1, -0.05) is 6.07 Å². The van der Waals surface area contributed by atoms with Crippen LogP contribution in [-0.2, 0) is 4.74 Å². The summed E-state index contributed by atoms with van der Waals surface area (Å²) in [6.45, 7) is 6.93. The lowest BCUT2D eigenvalue weighted by Gasteiger charge is -2.40. The number of anilines is 1. The highest BCUT2D eigenvalue weighted by atomic mass is 16.6. The fourth-order valence-corrected chi connectivity index (χ4v) is 1.99. The molecule has 1 saturated heterocycles. The summed E-state index contributed by atoms with van der Waals surface area (Å²) in [6, 6.07) is 8.02. The van der Waals surface area contributed by atoms with Gasteiger partial charge >= 0.3 is 6.09 Å². The van der Waals surface area contributed by atoms with E-state index in [1.54, 1.807) is 12.0 Å². The zero-order valence-corrected chi connectivity index (χ0v) is 12.5. The molecule has 0 spiro atoms. The molecule has 1 aliphatic heterocycles. The van der Waals surface area contributed by atoms with E-state index in [2.05, 4.69) is 5.32 Å². The monoisotopic (exact) mass is 278 g/mol. The minimum absolute atomic E-state index is 0.249. The van der Waals surface area contributed by atoms with Crippen molar-refractivity contribution in [2.75, 3.05) is 25.5 Å². The number of carbonyl (C=O) groups excluding carboxylic acids is 1. The van der Waals surface area contributed by atoms with Gasteiger partial charge in [-0.15, -0.1) is 0 Å². The molecule has 2 rings (SSSR count). The van der Waals surface area contributed by atoms with E-state index in [4.69, 9.17) is 9.47 Å². The maximum atomic E-state index is 11.8. The number of hydrogen-bond donors (Lipinski definition) is 1. The Kier molecular flexibility index (Phi) is 4.06. The summed E-state index contributed by atoms with van der Waals surface area (Å²) in [6.07, 6.45) is -0.249. The molecule has 1 amide bonds. The molecule has 5 heteroatoms. The van der Waals surface area contributed by atoms with Gasteiger partial charge < -0.3 is 19.7 Å². The predicted molar refractivity (Wildman–Crippen MR) is 78.2 cm³/mol. The van der Waals surface area contributed by atoms with E-state index >= 15 is 0 Å². The molecule has 0 bridgehead atoms. The molecule has 1 aromatic carbocycles. The quantitative estimate of drug-likeness (QED) is 0.923. The number of methoxy groups -OCH3 is 1. The van der Waals surface area contributed by atoms with Gasteiger partial charge in [-0.05, 0) is 32.9 Å². The Balaban J connectivity index is 1.80. The highest BCUT2D eigenvalue weighted by Crippen LogP contribution is 2.21. The Morgan fingerprint density at radius 1 is 1.35 bits per heavy atom. The molecule has 0 radical (unpaired) electrons. The zero-order chi connectivity index (χ0) is 14.8. The SMILES string of the molecule is COc1cccc(NC2CN(C(=O)OC(C)(C)C)C2)c1. The number of nitrogens with zero attached hydrogens (tertiary/aromatic N) is 1. The van der Waals surface area contributed by atoms with Crippen LogP contribution in [0.4, 0.5) is 10.5 Å². The van der Waals surface area contributed by atoms with Gasteiger partial charge in [0.05, 0.1) is 13.2 Å². The summed E-state index contributed by atoms with van der Waals surface area (Å²) in [5, 5.41) is 3.37. The highest BCUT2D eigenvalue weighted by molar-refractivity contribution is 5.69. The molecule has 1 aromatic rings. The third kappa shape index (κ3) is 3.79. The van der Waals surface area contributed by atoms with E-state index in [1.807, 2.05) is 45.0 Å². The van der Waals surface area contributed by atoms with Crippen molar-refractivity contribution in [1.82, 2.24) is 4.90 Å². The summed E-state index contributed by atoms with van der Waals surface area (Å²) in [7, 11) is 1.65. The van der Waals surface area contributed by atoms with Gasteiger partial charge in [-0.3, -0.25) is 0 Å². The first-order valence-corrected chi connectivity index (χ1v) is 6.76. The summed E-state index contributed by atoms with van der Waals surface area (Å²) in [4.78, 5) is 13.5. The van der Waals surface area contributed by atoms with Crippen molar-refractivity contribution in [2.24, 2.45) is 0 Å². The molecule has 0 atom stereocenters. The molecule has 1 N–H and O–H groups in total. The van der Waals surface area contributed by atoms with Crippen LogP contribution in [0.5, 0.6) is 5.75 Å². The number of amides is 1. The van der Waals surface area contributed by atoms with Gasteiger partial charge in [0.2, 0.25) is 0 Å². The molecule has 110 valence electrons. The molecule has 1 heterocycles. The largest absolute Gasteiger partial charge is 0.497 e. The molecule has 5 nitrogen and oxygen atoms in total. The number of benzene rings is 1. The van der Waals surface area contributed by atoms with Crippen molar-refractivity contribution in [3.8, 4) is 5.75 Å². The second-order valence-electron chi connectivity index (χ2n) is 5.96. The lowest BCUT2D eigenvalue weighted by atomic mass is 10.1. The van der Waals surface area contributed by atoms with Crippen molar-refractivity contribution in [3.63, 3.8) is 0 Å². The van der Waals surface area contributed by atoms with E-state index in [0.29, 0.717) is 13.1 Å². The Labute approximate surface area is 119 Å². The lowest BCUT2D eigenvalue weighted by molar-refractivity contribution is 0.0105. The van der Waals surface area contributed by atoms with Crippen LogP contribution in [0.15, 0.2) is 24.3 Å². The molecule has 0 aromatic heterocycles. The molecular weight excluding hydrogens is 256 g/mol. The van der Waals surface area contributed by atoms with E-state index in [9.17, 15) is 4.79 Å². The smallest absolute Gasteiger partial charge is 0.410 e. The molecule has 0 saturated carbocycles. The predicted octanol–water partition coefficient (Wildman–Crippen LogP) is 2.73. The summed E-state index contributed by atoms with van der Waals surface area (Å²) in [5.74, 6) is 0.818. The van der Waals surface area contributed by atoms with Crippen LogP contribution in [0.3, 0.4) is 0 Å². The van der Waals surface area contributed by atoms with Crippen molar-refractivity contribution in [3.05, 3.63) is 24.3 Å². The molecule has 20 heavy (non-hydrogen) atoms. The van der Waals surface area contributed by atoms with Crippen LogP contribution in [0.2, 0.25) is 0 Å². The number of nitrogens with one attached hydrogen (secondary N) is 1. The molecular formula is C15H22N2O3. The normalized spacial score (nSPS) is 15.5. The van der Waals surface area contributed by atoms with Gasteiger partial charge in [-0.25, -0.2) is 4.79 Å². The summed E-state index contributed by atoms with van der Waals surface area (Å²) >= 11 is 0. The minimum Gasteiger partial charge on any atom is -0.497 e. The number of rotatable bonds is 3. The standard InChI is InChI=1S/C15H22N2O3/c1-15(2,3)20-14(18)17-9-12(10-17)16-11-6-5-7-13(8-11)19-4/h5-8,12,16H,9-10H2,1-4H3. The Bertz CT molecular complexity index is 476. The van der Waals surface area contributed by atoms with Gasteiger partial charge in [0.1, 0.15) is 11.4 Å². The highest BCUT2D eigenvalue weighted by Gasteiger charge is 2.33. The Hall–Kier alpha value is -1.91. The van der Waals surface area contributed by atoms with Crippen LogP contribution in [0.1, 0.15) is 20.8 Å². The van der Waals surface area contributed by atoms with E-state index < -0.39 is 5.60 Å². The van der Waals surface area contributed by atoms with Crippen LogP contribution < -0.4 is 10.1 Å². The first-order chi connectivity index (χ1) is 9.37. The van der Waals surface area contributed by atoms with Gasteiger partial charge in [-0.2, -0.15) is 0 Å². The van der Waals surface area contributed by atoms with Crippen LogP contribution in [-0.4, -0.2) is 42.8 Å². The van der Waals surface area contributed by atoms with Gasteiger partial charge in [0, 0.05) is 24.8 Å². The van der Waals surface area contributed by atoms with E-state index in [1.165, 1.54) is 0 Å². The average molecular weight is 278 g/mol. The van der Waals surface area contributed by atoms with E-state index in [-0.39, 0.29) is 12.1 Å². The number of hydrogen-bond acceptors (Lipinski definition) is 4. The molecule has 1 fully saturated rings. The van der Waals surface area contributed by atoms with Crippen molar-refractivity contribution < 1.29 is 14.3 Å². The summed E-state index contributed by atoms with van der Waals surface area (Å²) < 4.78 is 10.5. The second-order valence-corrected chi connectivity index (χ2v) is 5.96. The van der Waals surface area contributed by atoms with Crippen molar-refractivity contribution in [2.45, 2.75) is 32.4 Å². The van der Waals surface area contributed by atoms with Crippen molar-refractivity contribution >= 4 is 11.8 Å². The zero-order valence-electron chi connectivity index (χ0n) is 12.5. The molecule has 0 aliphatic carbocycles. The van der Waals surface area contributed by atoms with E-state index in [0.717, 1.165) is 11.4 Å². The van der Waals surface area contributed by atoms with Crippen LogP contribution in [0.25, 0.3) is 0 Å². The van der Waals surface area contributed by atoms with Crippen LogP contribution >= 0.6 is 0 Å². The topological polar surface area (TPSA) is 50.8 Å². The maximum Gasteiger partial charge on any atom is 0.410 e. The third-order valence-electron chi connectivity index (χ3n) is 2.97. The summed E-state index contributed by atoms with van der Waals surface area (Å²) in [5.41, 5.74) is 0.556. The first kappa shape index (κ1) is 14.5. The van der Waals surface area contributed by atoms with Gasteiger partial charge in [0.25, 0.3) is 0 Å². The first-order valence-electron chi connectivity index (χ1n) is 6.76.